The lowest BCUT2D eigenvalue weighted by Gasteiger charge is -2.38. The molecule has 0 radical (unpaired) electrons. The first-order chi connectivity index (χ1) is 11.8. The Morgan fingerprint density at radius 3 is 2.40 bits per heavy atom. The third kappa shape index (κ3) is 2.75. The lowest BCUT2D eigenvalue weighted by molar-refractivity contribution is -0.201. The second-order valence-electron chi connectivity index (χ2n) is 6.23. The highest BCUT2D eigenvalue weighted by Gasteiger charge is 2.66. The van der Waals surface area contributed by atoms with E-state index in [-0.39, 0.29) is 12.0 Å². The number of methoxy groups -OCH3 is 1. The number of esters is 1. The van der Waals surface area contributed by atoms with Gasteiger partial charge in [0, 0.05) is 5.69 Å². The van der Waals surface area contributed by atoms with E-state index < -0.39 is 23.6 Å². The molecule has 3 nitrogen and oxygen atoms in total. The average Bonchev–Trinajstić information content (AvgIpc) is 2.92. The molecule has 0 aliphatic heterocycles. The molecule has 1 aliphatic carbocycles. The number of carbonyl (C=O) groups is 1. The van der Waals surface area contributed by atoms with Crippen molar-refractivity contribution in [3.8, 4) is 0 Å². The predicted octanol–water partition coefficient (Wildman–Crippen LogP) is 4.21. The minimum atomic E-state index is -4.69. The highest BCUT2D eigenvalue weighted by Crippen LogP contribution is 2.53. The summed E-state index contributed by atoms with van der Waals surface area (Å²) in [6, 6.07) is 12.9. The SMILES string of the molecule is COC(=O)[C@H]1Cc2ccccc2[C@]1(Nc1ccc(C)cc1)C(F)(F)F. The molecule has 1 N–H and O–H groups in total. The zero-order valence-corrected chi connectivity index (χ0v) is 13.9. The van der Waals surface area contributed by atoms with Crippen molar-refractivity contribution >= 4 is 11.7 Å². The van der Waals surface area contributed by atoms with Gasteiger partial charge >= 0.3 is 12.1 Å². The maximum Gasteiger partial charge on any atom is 0.416 e. The summed E-state index contributed by atoms with van der Waals surface area (Å²) >= 11 is 0. The van der Waals surface area contributed by atoms with Gasteiger partial charge in [0.15, 0.2) is 5.54 Å². The van der Waals surface area contributed by atoms with Gasteiger partial charge in [-0.25, -0.2) is 0 Å². The average molecular weight is 349 g/mol. The molecule has 0 bridgehead atoms. The molecule has 0 fully saturated rings. The molecule has 0 saturated carbocycles. The van der Waals surface area contributed by atoms with Gasteiger partial charge in [-0.05, 0) is 36.6 Å². The van der Waals surface area contributed by atoms with Gasteiger partial charge in [-0.15, -0.1) is 0 Å². The van der Waals surface area contributed by atoms with Crippen LogP contribution in [0.4, 0.5) is 18.9 Å². The molecular weight excluding hydrogens is 331 g/mol. The fourth-order valence-corrected chi connectivity index (χ4v) is 3.49. The minimum Gasteiger partial charge on any atom is -0.469 e. The van der Waals surface area contributed by atoms with Crippen molar-refractivity contribution in [2.24, 2.45) is 5.92 Å². The van der Waals surface area contributed by atoms with Gasteiger partial charge in [0.25, 0.3) is 0 Å². The smallest absolute Gasteiger partial charge is 0.416 e. The molecule has 132 valence electrons. The van der Waals surface area contributed by atoms with Gasteiger partial charge < -0.3 is 10.1 Å². The molecule has 3 rings (SSSR count). The van der Waals surface area contributed by atoms with Crippen LogP contribution in [-0.4, -0.2) is 19.3 Å². The number of ether oxygens (including phenoxy) is 1. The number of aryl methyl sites for hydroxylation is 1. The summed E-state index contributed by atoms with van der Waals surface area (Å²) in [5.74, 6) is -2.27. The zero-order chi connectivity index (χ0) is 18.2. The number of alkyl halides is 3. The molecule has 0 aromatic heterocycles. The Morgan fingerprint density at radius 1 is 1.16 bits per heavy atom. The number of rotatable bonds is 3. The molecule has 1 aliphatic rings. The van der Waals surface area contributed by atoms with Crippen LogP contribution in [-0.2, 0) is 21.5 Å². The number of halogens is 3. The normalized spacial score (nSPS) is 22.4. The summed E-state index contributed by atoms with van der Waals surface area (Å²) in [6.45, 7) is 1.85. The summed E-state index contributed by atoms with van der Waals surface area (Å²) in [7, 11) is 1.11. The van der Waals surface area contributed by atoms with E-state index in [1.807, 2.05) is 6.92 Å². The number of hydrogen-bond donors (Lipinski definition) is 1. The first-order valence-electron chi connectivity index (χ1n) is 7.87. The molecule has 6 heteroatoms. The summed E-state index contributed by atoms with van der Waals surface area (Å²) < 4.78 is 47.7. The van der Waals surface area contributed by atoms with Crippen LogP contribution in [0.3, 0.4) is 0 Å². The van der Waals surface area contributed by atoms with Crippen molar-refractivity contribution in [3.63, 3.8) is 0 Å². The van der Waals surface area contributed by atoms with Crippen molar-refractivity contribution in [1.82, 2.24) is 0 Å². The van der Waals surface area contributed by atoms with E-state index in [0.717, 1.165) is 12.7 Å². The number of hydrogen-bond acceptors (Lipinski definition) is 3. The first kappa shape index (κ1) is 17.3. The summed E-state index contributed by atoms with van der Waals surface area (Å²) in [4.78, 5) is 12.2. The largest absolute Gasteiger partial charge is 0.469 e. The highest BCUT2D eigenvalue weighted by molar-refractivity contribution is 5.78. The molecule has 0 amide bonds. The third-order valence-electron chi connectivity index (χ3n) is 4.71. The Kier molecular flexibility index (Phi) is 4.22. The Morgan fingerprint density at radius 2 is 1.80 bits per heavy atom. The third-order valence-corrected chi connectivity index (χ3v) is 4.71. The molecule has 2 atom stereocenters. The van der Waals surface area contributed by atoms with Crippen LogP contribution < -0.4 is 5.32 Å². The molecule has 0 spiro atoms. The van der Waals surface area contributed by atoms with Crippen LogP contribution in [0.25, 0.3) is 0 Å². The molecule has 2 aromatic rings. The van der Waals surface area contributed by atoms with E-state index in [1.54, 1.807) is 42.5 Å². The Balaban J connectivity index is 2.19. The van der Waals surface area contributed by atoms with E-state index >= 15 is 0 Å². The second kappa shape index (κ2) is 6.10. The minimum absolute atomic E-state index is 0.0266. The Labute approximate surface area is 143 Å². The van der Waals surface area contributed by atoms with Crippen molar-refractivity contribution < 1.29 is 22.7 Å². The molecule has 25 heavy (non-hydrogen) atoms. The summed E-state index contributed by atoms with van der Waals surface area (Å²) in [5, 5.41) is 2.62. The monoisotopic (exact) mass is 349 g/mol. The van der Waals surface area contributed by atoms with E-state index in [0.29, 0.717) is 11.3 Å². The van der Waals surface area contributed by atoms with Crippen LogP contribution in [0.5, 0.6) is 0 Å². The molecule has 0 heterocycles. The lowest BCUT2D eigenvalue weighted by atomic mass is 9.82. The predicted molar refractivity (Wildman–Crippen MR) is 88.2 cm³/mol. The topological polar surface area (TPSA) is 38.3 Å². The number of anilines is 1. The van der Waals surface area contributed by atoms with E-state index in [9.17, 15) is 18.0 Å². The fraction of sp³-hybridized carbons (Fsp3) is 0.316. The number of nitrogens with one attached hydrogen (secondary N) is 1. The van der Waals surface area contributed by atoms with Crippen molar-refractivity contribution in [1.29, 1.82) is 0 Å². The van der Waals surface area contributed by atoms with Gasteiger partial charge in [0.1, 0.15) is 0 Å². The maximum absolute atomic E-state index is 14.3. The van der Waals surface area contributed by atoms with Gasteiger partial charge in [-0.1, -0.05) is 42.0 Å². The summed E-state index contributed by atoms with van der Waals surface area (Å²) in [6.07, 6.45) is -4.72. The fourth-order valence-electron chi connectivity index (χ4n) is 3.49. The Hall–Kier alpha value is -2.50. The molecular formula is C19H18F3NO2. The van der Waals surface area contributed by atoms with Crippen LogP contribution in [0.15, 0.2) is 48.5 Å². The Bertz CT molecular complexity index is 786. The summed E-state index contributed by atoms with van der Waals surface area (Å²) in [5.41, 5.74) is -0.726. The number of benzene rings is 2. The molecule has 2 aromatic carbocycles. The second-order valence-corrected chi connectivity index (χ2v) is 6.23. The highest BCUT2D eigenvalue weighted by atomic mass is 19.4. The van der Waals surface area contributed by atoms with Gasteiger partial charge in [0.05, 0.1) is 13.0 Å². The van der Waals surface area contributed by atoms with Crippen LogP contribution in [0, 0.1) is 12.8 Å². The van der Waals surface area contributed by atoms with Crippen molar-refractivity contribution in [2.45, 2.75) is 25.1 Å². The number of fused-ring (bicyclic) bond motifs is 1. The first-order valence-corrected chi connectivity index (χ1v) is 7.87. The maximum atomic E-state index is 14.3. The van der Waals surface area contributed by atoms with E-state index in [4.69, 9.17) is 4.74 Å². The standard InChI is InChI=1S/C19H18F3NO2/c1-12-7-9-14(10-8-12)23-18(19(20,21)22)15-6-4-3-5-13(15)11-16(18)17(24)25-2/h3-10,16,23H,11H2,1-2H3/t16-,18-/m1/s1. The van der Waals surface area contributed by atoms with Gasteiger partial charge in [0.2, 0.25) is 0 Å². The molecule has 0 unspecified atom stereocenters. The van der Waals surface area contributed by atoms with Crippen molar-refractivity contribution in [3.05, 3.63) is 65.2 Å². The van der Waals surface area contributed by atoms with E-state index in [1.165, 1.54) is 6.07 Å². The van der Waals surface area contributed by atoms with Crippen LogP contribution in [0.1, 0.15) is 16.7 Å². The van der Waals surface area contributed by atoms with Gasteiger partial charge in [-0.3, -0.25) is 4.79 Å². The van der Waals surface area contributed by atoms with Crippen molar-refractivity contribution in [2.75, 3.05) is 12.4 Å². The van der Waals surface area contributed by atoms with E-state index in [2.05, 4.69) is 5.32 Å². The van der Waals surface area contributed by atoms with Crippen LogP contribution in [0.2, 0.25) is 0 Å². The zero-order valence-electron chi connectivity index (χ0n) is 13.9. The quantitative estimate of drug-likeness (QED) is 0.844. The van der Waals surface area contributed by atoms with Gasteiger partial charge in [-0.2, -0.15) is 13.2 Å². The van der Waals surface area contributed by atoms with Crippen LogP contribution >= 0.6 is 0 Å². The number of carbonyl (C=O) groups excluding carboxylic acids is 1. The lowest BCUT2D eigenvalue weighted by Crippen LogP contribution is -2.55. The molecule has 0 saturated heterocycles.